The number of rotatable bonds is 1. The number of hydrogen-bond acceptors (Lipinski definition) is 2. The highest BCUT2D eigenvalue weighted by Crippen LogP contribution is 2.22. The fourth-order valence-electron chi connectivity index (χ4n) is 1.32. The second kappa shape index (κ2) is 2.97. The Kier molecular flexibility index (Phi) is 2.37. The third-order valence-electron chi connectivity index (χ3n) is 2.09. The molecule has 1 unspecified atom stereocenters. The Morgan fingerprint density at radius 2 is 2.09 bits per heavy atom. The molecule has 1 atom stereocenters. The molecule has 1 aliphatic rings. The Hall–Kier alpha value is -0.313. The summed E-state index contributed by atoms with van der Waals surface area (Å²) in [6.45, 7) is 6.74. The molecule has 0 aromatic carbocycles. The minimum atomic E-state index is -1.24. The Bertz CT molecular complexity index is 160. The second-order valence-electron chi connectivity index (χ2n) is 4.24. The lowest BCUT2D eigenvalue weighted by molar-refractivity contribution is -0.149. The Labute approximate surface area is 68.9 Å². The predicted molar refractivity (Wildman–Crippen MR) is 47.1 cm³/mol. The lowest BCUT2D eigenvalue weighted by atomic mass is 10.2. The largest absolute Gasteiger partial charge is 0.466 e. The van der Waals surface area contributed by atoms with Crippen molar-refractivity contribution in [3.8, 4) is 0 Å². The average Bonchev–Trinajstić information content (AvgIpc) is 1.86. The molecule has 0 aromatic heterocycles. The van der Waals surface area contributed by atoms with Gasteiger partial charge in [0.25, 0.3) is 0 Å². The first kappa shape index (κ1) is 8.78. The monoisotopic (exact) mass is 172 g/mol. The summed E-state index contributed by atoms with van der Waals surface area (Å²) in [6, 6.07) is 0. The van der Waals surface area contributed by atoms with E-state index in [9.17, 15) is 4.79 Å². The smallest absolute Gasteiger partial charge is 0.305 e. The van der Waals surface area contributed by atoms with Crippen molar-refractivity contribution in [2.45, 2.75) is 44.6 Å². The van der Waals surface area contributed by atoms with E-state index in [1.807, 2.05) is 0 Å². The molecule has 0 N–H and O–H groups in total. The van der Waals surface area contributed by atoms with Gasteiger partial charge in [0.15, 0.2) is 0 Å². The number of cyclic esters (lactones) is 1. The Morgan fingerprint density at radius 1 is 1.45 bits per heavy atom. The van der Waals surface area contributed by atoms with Gasteiger partial charge in [-0.15, -0.1) is 0 Å². The molecule has 3 heteroatoms. The van der Waals surface area contributed by atoms with Crippen LogP contribution in [0, 0.1) is 0 Å². The molecule has 64 valence electrons. The van der Waals surface area contributed by atoms with Crippen LogP contribution in [-0.4, -0.2) is 19.8 Å². The summed E-state index contributed by atoms with van der Waals surface area (Å²) in [5, 5.41) is 0. The fraction of sp³-hybridized carbons (Fsp3) is 0.875. The summed E-state index contributed by atoms with van der Waals surface area (Å²) in [6.07, 6.45) is 2.73. The van der Waals surface area contributed by atoms with Crippen LogP contribution in [0.3, 0.4) is 0 Å². The van der Waals surface area contributed by atoms with Gasteiger partial charge >= 0.3 is 5.97 Å². The number of hydrogen-bond donors (Lipinski definition) is 0. The highest BCUT2D eigenvalue weighted by Gasteiger charge is 2.32. The van der Waals surface area contributed by atoms with Gasteiger partial charge in [-0.3, -0.25) is 4.79 Å². The fourth-order valence-corrected chi connectivity index (χ4v) is 2.87. The highest BCUT2D eigenvalue weighted by atomic mass is 28.3. The van der Waals surface area contributed by atoms with E-state index in [-0.39, 0.29) is 11.7 Å². The van der Waals surface area contributed by atoms with Crippen molar-refractivity contribution in [1.82, 2.24) is 0 Å². The topological polar surface area (TPSA) is 26.3 Å². The van der Waals surface area contributed by atoms with E-state index in [0.717, 1.165) is 12.8 Å². The van der Waals surface area contributed by atoms with Crippen LogP contribution in [0.5, 0.6) is 0 Å². The Morgan fingerprint density at radius 3 is 2.45 bits per heavy atom. The molecule has 0 bridgehead atoms. The summed E-state index contributed by atoms with van der Waals surface area (Å²) in [5.74, 6) is 0.00340. The first-order valence-corrected chi connectivity index (χ1v) is 7.77. The molecule has 1 rings (SSSR count). The van der Waals surface area contributed by atoms with Crippen molar-refractivity contribution in [3.05, 3.63) is 0 Å². The molecular weight excluding hydrogens is 156 g/mol. The zero-order chi connectivity index (χ0) is 8.48. The number of esters is 1. The normalized spacial score (nSPS) is 26.5. The molecule has 1 heterocycles. The van der Waals surface area contributed by atoms with Crippen LogP contribution in [0.4, 0.5) is 0 Å². The van der Waals surface area contributed by atoms with Crippen molar-refractivity contribution in [2.75, 3.05) is 0 Å². The van der Waals surface area contributed by atoms with Crippen LogP contribution in [0.1, 0.15) is 19.3 Å². The van der Waals surface area contributed by atoms with E-state index in [2.05, 4.69) is 19.6 Å². The third-order valence-corrected chi connectivity index (χ3v) is 4.43. The standard InChI is InChI=1S/C8H16O2Si/c1-11(2,3)8-6-4-5-7(9)10-8/h8H,4-6H2,1-3H3. The van der Waals surface area contributed by atoms with Crippen molar-refractivity contribution in [2.24, 2.45) is 0 Å². The van der Waals surface area contributed by atoms with Crippen molar-refractivity contribution in [3.63, 3.8) is 0 Å². The second-order valence-corrected chi connectivity index (χ2v) is 9.61. The van der Waals surface area contributed by atoms with Crippen LogP contribution >= 0.6 is 0 Å². The van der Waals surface area contributed by atoms with Gasteiger partial charge in [0.05, 0.1) is 13.8 Å². The number of carbonyl (C=O) groups excluding carboxylic acids is 1. The summed E-state index contributed by atoms with van der Waals surface area (Å²) < 4.78 is 5.27. The van der Waals surface area contributed by atoms with E-state index in [1.165, 1.54) is 0 Å². The molecule has 11 heavy (non-hydrogen) atoms. The molecule has 1 saturated heterocycles. The number of carbonyl (C=O) groups is 1. The molecule has 1 fully saturated rings. The van der Waals surface area contributed by atoms with Crippen molar-refractivity contribution < 1.29 is 9.53 Å². The third kappa shape index (κ3) is 2.33. The molecule has 0 spiro atoms. The van der Waals surface area contributed by atoms with Crippen molar-refractivity contribution >= 4 is 14.0 Å². The van der Waals surface area contributed by atoms with Gasteiger partial charge in [0.1, 0.15) is 0 Å². The molecular formula is C8H16O2Si. The molecule has 2 nitrogen and oxygen atoms in total. The molecule has 0 amide bonds. The van der Waals surface area contributed by atoms with Crippen LogP contribution in [-0.2, 0) is 9.53 Å². The van der Waals surface area contributed by atoms with Gasteiger partial charge in [-0.05, 0) is 12.8 Å². The van der Waals surface area contributed by atoms with E-state index < -0.39 is 8.07 Å². The number of ether oxygens (including phenoxy) is 1. The van der Waals surface area contributed by atoms with Gasteiger partial charge in [-0.1, -0.05) is 19.6 Å². The Balaban J connectivity index is 2.53. The first-order valence-electron chi connectivity index (χ1n) is 4.19. The van der Waals surface area contributed by atoms with E-state index in [0.29, 0.717) is 6.42 Å². The SMILES string of the molecule is C[Si](C)(C)C1CCCC(=O)O1. The van der Waals surface area contributed by atoms with Crippen LogP contribution < -0.4 is 0 Å². The summed E-state index contributed by atoms with van der Waals surface area (Å²) >= 11 is 0. The lowest BCUT2D eigenvalue weighted by Crippen LogP contribution is -2.43. The van der Waals surface area contributed by atoms with Crippen LogP contribution in [0.25, 0.3) is 0 Å². The van der Waals surface area contributed by atoms with E-state index in [1.54, 1.807) is 0 Å². The first-order chi connectivity index (χ1) is 5.00. The summed E-state index contributed by atoms with van der Waals surface area (Å²) in [5.41, 5.74) is 0.267. The van der Waals surface area contributed by atoms with Crippen LogP contribution in [0.2, 0.25) is 19.6 Å². The summed E-state index contributed by atoms with van der Waals surface area (Å²) in [4.78, 5) is 10.9. The van der Waals surface area contributed by atoms with Gasteiger partial charge in [-0.25, -0.2) is 0 Å². The quantitative estimate of drug-likeness (QED) is 0.446. The molecule has 0 aromatic rings. The average molecular weight is 172 g/mol. The highest BCUT2D eigenvalue weighted by molar-refractivity contribution is 6.77. The maximum Gasteiger partial charge on any atom is 0.305 e. The van der Waals surface area contributed by atoms with Gasteiger partial charge in [0.2, 0.25) is 0 Å². The zero-order valence-corrected chi connectivity index (χ0v) is 8.52. The van der Waals surface area contributed by atoms with Crippen LogP contribution in [0.15, 0.2) is 0 Å². The molecule has 0 aliphatic carbocycles. The van der Waals surface area contributed by atoms with E-state index in [4.69, 9.17) is 4.74 Å². The van der Waals surface area contributed by atoms with Crippen molar-refractivity contribution in [1.29, 1.82) is 0 Å². The van der Waals surface area contributed by atoms with Gasteiger partial charge in [-0.2, -0.15) is 0 Å². The maximum atomic E-state index is 10.9. The van der Waals surface area contributed by atoms with Gasteiger partial charge in [0, 0.05) is 6.42 Å². The van der Waals surface area contributed by atoms with Gasteiger partial charge < -0.3 is 4.74 Å². The molecule has 0 saturated carbocycles. The zero-order valence-electron chi connectivity index (χ0n) is 7.52. The lowest BCUT2D eigenvalue weighted by Gasteiger charge is -2.31. The minimum Gasteiger partial charge on any atom is -0.466 e. The predicted octanol–water partition coefficient (Wildman–Crippen LogP) is 1.96. The summed E-state index contributed by atoms with van der Waals surface area (Å²) in [7, 11) is -1.24. The molecule has 0 radical (unpaired) electrons. The minimum absolute atomic E-state index is 0.00340. The molecule has 1 aliphatic heterocycles. The van der Waals surface area contributed by atoms with E-state index >= 15 is 0 Å². The maximum absolute atomic E-state index is 10.9.